The molecular formula is C22H24ClF2N5O2. The van der Waals surface area contributed by atoms with Crippen LogP contribution in [0.5, 0.6) is 11.9 Å². The third-order valence-electron chi connectivity index (χ3n) is 7.14. The van der Waals surface area contributed by atoms with Gasteiger partial charge in [-0.25, -0.2) is 8.78 Å². The molecule has 3 saturated heterocycles. The van der Waals surface area contributed by atoms with E-state index >= 15 is 4.39 Å². The smallest absolute Gasteiger partial charge is 0.319 e. The average Bonchev–Trinajstić information content (AvgIpc) is 3.17. The predicted molar refractivity (Wildman–Crippen MR) is 116 cm³/mol. The van der Waals surface area contributed by atoms with Gasteiger partial charge in [-0.15, -0.1) is 0 Å². The Morgan fingerprint density at radius 3 is 3.03 bits per heavy atom. The number of halogens is 3. The molecule has 0 N–H and O–H groups in total. The van der Waals surface area contributed by atoms with Crippen LogP contribution in [0.1, 0.15) is 32.1 Å². The second kappa shape index (κ2) is 7.38. The summed E-state index contributed by atoms with van der Waals surface area (Å²) in [6, 6.07) is 0.167. The molecule has 6 heterocycles. The van der Waals surface area contributed by atoms with Gasteiger partial charge in [0, 0.05) is 26.1 Å². The molecule has 2 aromatic heterocycles. The molecule has 2 aromatic rings. The molecule has 6 rings (SSSR count). The number of rotatable bonds is 3. The quantitative estimate of drug-likeness (QED) is 0.508. The van der Waals surface area contributed by atoms with E-state index in [0.29, 0.717) is 43.7 Å². The van der Waals surface area contributed by atoms with Crippen LogP contribution in [0.15, 0.2) is 12.2 Å². The van der Waals surface area contributed by atoms with Crippen molar-refractivity contribution in [3.8, 4) is 11.9 Å². The van der Waals surface area contributed by atoms with E-state index in [9.17, 15) is 4.39 Å². The molecule has 4 aliphatic rings. The molecule has 32 heavy (non-hydrogen) atoms. The molecule has 3 atom stereocenters. The number of hydrogen-bond donors (Lipinski definition) is 0. The van der Waals surface area contributed by atoms with Gasteiger partial charge >= 0.3 is 6.01 Å². The summed E-state index contributed by atoms with van der Waals surface area (Å²) in [7, 11) is 0. The molecule has 0 aliphatic carbocycles. The number of hydrogen-bond acceptors (Lipinski definition) is 7. The Kier molecular flexibility index (Phi) is 4.69. The summed E-state index contributed by atoms with van der Waals surface area (Å²) >= 11 is 6.05. The van der Waals surface area contributed by atoms with Crippen molar-refractivity contribution < 1.29 is 18.3 Å². The second-order valence-corrected chi connectivity index (χ2v) is 9.71. The van der Waals surface area contributed by atoms with Gasteiger partial charge in [0.05, 0.1) is 11.6 Å². The first-order valence-electron chi connectivity index (χ1n) is 11.1. The number of alkyl halides is 1. The van der Waals surface area contributed by atoms with Crippen LogP contribution in [0.4, 0.5) is 14.6 Å². The lowest BCUT2D eigenvalue weighted by atomic mass is 9.93. The van der Waals surface area contributed by atoms with Crippen molar-refractivity contribution in [3.63, 3.8) is 0 Å². The first-order chi connectivity index (χ1) is 15.4. The van der Waals surface area contributed by atoms with Gasteiger partial charge in [0.1, 0.15) is 36.1 Å². The molecule has 0 amide bonds. The number of pyridine rings is 1. The zero-order valence-corrected chi connectivity index (χ0v) is 18.4. The molecule has 7 nitrogen and oxygen atoms in total. The Bertz CT molecular complexity index is 1120. The fourth-order valence-corrected chi connectivity index (χ4v) is 5.89. The zero-order chi connectivity index (χ0) is 22.0. The highest BCUT2D eigenvalue weighted by atomic mass is 35.5. The number of ether oxygens (including phenoxy) is 2. The Labute approximate surface area is 189 Å². The number of aromatic nitrogens is 3. The Hall–Kier alpha value is -2.26. The van der Waals surface area contributed by atoms with E-state index in [0.717, 1.165) is 31.4 Å². The van der Waals surface area contributed by atoms with Crippen LogP contribution in [0, 0.1) is 5.82 Å². The molecule has 0 radical (unpaired) electrons. The van der Waals surface area contributed by atoms with Gasteiger partial charge in [-0.3, -0.25) is 4.90 Å². The van der Waals surface area contributed by atoms with E-state index in [-0.39, 0.29) is 35.2 Å². The summed E-state index contributed by atoms with van der Waals surface area (Å²) < 4.78 is 41.2. The topological polar surface area (TPSA) is 63.6 Å². The molecule has 0 bridgehead atoms. The highest BCUT2D eigenvalue weighted by Gasteiger charge is 2.50. The summed E-state index contributed by atoms with van der Waals surface area (Å²) in [5.74, 6) is 0.0808. The van der Waals surface area contributed by atoms with Crippen molar-refractivity contribution in [2.24, 2.45) is 0 Å². The second-order valence-electron chi connectivity index (χ2n) is 9.35. The van der Waals surface area contributed by atoms with Crippen LogP contribution in [-0.4, -0.2) is 70.5 Å². The van der Waals surface area contributed by atoms with Gasteiger partial charge in [0.25, 0.3) is 0 Å². The third kappa shape index (κ3) is 3.12. The van der Waals surface area contributed by atoms with Gasteiger partial charge in [0.15, 0.2) is 11.0 Å². The fraction of sp³-hybridized carbons (Fsp3) is 0.591. The van der Waals surface area contributed by atoms with Crippen molar-refractivity contribution >= 4 is 28.3 Å². The molecule has 0 unspecified atom stereocenters. The average molecular weight is 464 g/mol. The summed E-state index contributed by atoms with van der Waals surface area (Å²) in [5, 5.41) is 0.123. The minimum atomic E-state index is -0.898. The van der Waals surface area contributed by atoms with Gasteiger partial charge in [-0.1, -0.05) is 23.8 Å². The monoisotopic (exact) mass is 463 g/mol. The molecular weight excluding hydrogens is 440 g/mol. The zero-order valence-electron chi connectivity index (χ0n) is 17.6. The highest BCUT2D eigenvalue weighted by Crippen LogP contribution is 2.43. The highest BCUT2D eigenvalue weighted by molar-refractivity contribution is 6.30. The summed E-state index contributed by atoms with van der Waals surface area (Å²) in [4.78, 5) is 17.4. The standard InChI is InChI=1S/C22H24ClF2N5O2/c1-12-6-22(7-13(24)9-29(22)8-12)11-32-21-26-17-15-19(28-21)30-5-3-2-4-14(30)10-31-20(15)27-18(23)16(17)25/h13-14H,1-11H2/t13-,14-,22+/m0/s1. The molecule has 0 aromatic carbocycles. The summed E-state index contributed by atoms with van der Waals surface area (Å²) in [5.41, 5.74) is 0.638. The van der Waals surface area contributed by atoms with E-state index < -0.39 is 17.5 Å². The van der Waals surface area contributed by atoms with Gasteiger partial charge in [0.2, 0.25) is 5.88 Å². The van der Waals surface area contributed by atoms with Gasteiger partial charge in [-0.05, 0) is 25.7 Å². The number of piperidine rings is 1. The Balaban J connectivity index is 1.41. The van der Waals surface area contributed by atoms with Crippen LogP contribution >= 0.6 is 11.6 Å². The maximum Gasteiger partial charge on any atom is 0.319 e. The Morgan fingerprint density at radius 2 is 2.16 bits per heavy atom. The van der Waals surface area contributed by atoms with Crippen molar-refractivity contribution in [3.05, 3.63) is 23.1 Å². The van der Waals surface area contributed by atoms with Crippen LogP contribution < -0.4 is 14.4 Å². The van der Waals surface area contributed by atoms with Crippen molar-refractivity contribution in [1.82, 2.24) is 19.9 Å². The van der Waals surface area contributed by atoms with Crippen molar-refractivity contribution in [2.75, 3.05) is 37.7 Å². The van der Waals surface area contributed by atoms with E-state index in [1.165, 1.54) is 0 Å². The van der Waals surface area contributed by atoms with Crippen molar-refractivity contribution in [2.45, 2.75) is 49.9 Å². The largest absolute Gasteiger partial charge is 0.475 e. The third-order valence-corrected chi connectivity index (χ3v) is 7.39. The van der Waals surface area contributed by atoms with Crippen LogP contribution in [0.2, 0.25) is 5.15 Å². The maximum absolute atomic E-state index is 15.0. The minimum absolute atomic E-state index is 0.0335. The lowest BCUT2D eigenvalue weighted by molar-refractivity contribution is 0.107. The number of nitrogens with zero attached hydrogens (tertiary/aromatic N) is 5. The van der Waals surface area contributed by atoms with Crippen molar-refractivity contribution in [1.29, 1.82) is 0 Å². The molecule has 10 heteroatoms. The van der Waals surface area contributed by atoms with Gasteiger partial charge in [-0.2, -0.15) is 15.0 Å². The van der Waals surface area contributed by atoms with Gasteiger partial charge < -0.3 is 14.4 Å². The van der Waals surface area contributed by atoms with Crippen LogP contribution in [0.25, 0.3) is 10.9 Å². The fourth-order valence-electron chi connectivity index (χ4n) is 5.73. The lowest BCUT2D eigenvalue weighted by Gasteiger charge is -2.35. The number of anilines is 1. The lowest BCUT2D eigenvalue weighted by Crippen LogP contribution is -2.44. The number of fused-ring (bicyclic) bond motifs is 3. The molecule has 3 fully saturated rings. The van der Waals surface area contributed by atoms with E-state index in [4.69, 9.17) is 21.1 Å². The summed E-state index contributed by atoms with van der Waals surface area (Å²) in [6.07, 6.45) is 3.20. The first-order valence-corrected chi connectivity index (χ1v) is 11.5. The van der Waals surface area contributed by atoms with Crippen LogP contribution in [0.3, 0.4) is 0 Å². The van der Waals surface area contributed by atoms with E-state index in [2.05, 4.69) is 31.3 Å². The minimum Gasteiger partial charge on any atom is -0.475 e. The molecule has 4 aliphatic heterocycles. The molecule has 170 valence electrons. The van der Waals surface area contributed by atoms with E-state index in [1.807, 2.05) is 0 Å². The first kappa shape index (κ1) is 20.4. The maximum atomic E-state index is 15.0. The predicted octanol–water partition coefficient (Wildman–Crippen LogP) is 3.69. The van der Waals surface area contributed by atoms with Crippen LogP contribution in [-0.2, 0) is 0 Å². The molecule has 0 spiro atoms. The normalized spacial score (nSPS) is 29.6. The Morgan fingerprint density at radius 1 is 1.28 bits per heavy atom. The summed E-state index contributed by atoms with van der Waals surface area (Å²) in [6.45, 7) is 6.54. The molecule has 0 saturated carbocycles. The van der Waals surface area contributed by atoms with E-state index in [1.54, 1.807) is 0 Å². The SMILES string of the molecule is C=C1CN2C[C@@H](F)C[C@@]2(COc2nc3c4c(nc(Cl)c(F)c4n2)OC[C@@H]2CCCCN32)C1.